The van der Waals surface area contributed by atoms with Gasteiger partial charge in [0.2, 0.25) is 0 Å². The van der Waals surface area contributed by atoms with Gasteiger partial charge in [-0.3, -0.25) is 4.79 Å². The van der Waals surface area contributed by atoms with Crippen molar-refractivity contribution in [1.82, 2.24) is 9.88 Å². The van der Waals surface area contributed by atoms with Crippen LogP contribution in [0.5, 0.6) is 0 Å². The topological polar surface area (TPSA) is 62.1 Å². The number of hydrogen-bond acceptors (Lipinski definition) is 3. The van der Waals surface area contributed by atoms with Gasteiger partial charge in [-0.05, 0) is 31.0 Å². The van der Waals surface area contributed by atoms with Crippen molar-refractivity contribution in [3.05, 3.63) is 54.2 Å². The van der Waals surface area contributed by atoms with Gasteiger partial charge in [0.1, 0.15) is 5.69 Å². The maximum Gasteiger partial charge on any atom is 0.271 e. The van der Waals surface area contributed by atoms with Gasteiger partial charge in [-0.15, -0.1) is 0 Å². The Labute approximate surface area is 145 Å². The Hall–Kier alpha value is -2.40. The second-order valence-corrected chi connectivity index (χ2v) is 7.07. The molecule has 0 atom stereocenters. The molecule has 1 aromatic heterocycles. The molecule has 0 saturated carbocycles. The second kappa shape index (κ2) is 6.24. The molecular formula is C19H19N3OS. The number of aromatic nitrogens is 1. The van der Waals surface area contributed by atoms with Crippen molar-refractivity contribution in [2.45, 2.75) is 22.6 Å². The molecule has 1 saturated heterocycles. The predicted molar refractivity (Wildman–Crippen MR) is 98.4 cm³/mol. The van der Waals surface area contributed by atoms with Gasteiger partial charge in [0.25, 0.3) is 5.91 Å². The monoisotopic (exact) mass is 337 g/mol. The fourth-order valence-corrected chi connectivity index (χ4v) is 4.22. The van der Waals surface area contributed by atoms with E-state index in [1.54, 1.807) is 11.8 Å². The molecule has 0 spiro atoms. The predicted octanol–water partition coefficient (Wildman–Crippen LogP) is 4.14. The Kier molecular flexibility index (Phi) is 3.94. The molecule has 4 rings (SSSR count). The second-order valence-electron chi connectivity index (χ2n) is 6.01. The van der Waals surface area contributed by atoms with Crippen LogP contribution in [-0.4, -0.2) is 28.9 Å². The van der Waals surface area contributed by atoms with E-state index in [4.69, 9.17) is 5.73 Å². The van der Waals surface area contributed by atoms with E-state index in [0.29, 0.717) is 5.69 Å². The lowest BCUT2D eigenvalue weighted by Gasteiger charge is -2.15. The standard InChI is InChI=1S/C19H19N3OS/c20-14-8-2-4-10-16(14)24-18-13-7-1-3-9-15(13)21-17(18)19(23)22-11-5-6-12-22/h1-4,7-10,21H,5-6,11-12,20H2. The Bertz CT molecular complexity index is 897. The number of fused-ring (bicyclic) bond motifs is 1. The highest BCUT2D eigenvalue weighted by Gasteiger charge is 2.25. The van der Waals surface area contributed by atoms with Crippen LogP contribution in [0.4, 0.5) is 5.69 Å². The summed E-state index contributed by atoms with van der Waals surface area (Å²) < 4.78 is 0. The smallest absolute Gasteiger partial charge is 0.271 e. The third-order valence-corrected chi connectivity index (χ3v) is 5.62. The molecule has 1 aliphatic heterocycles. The van der Waals surface area contributed by atoms with Crippen LogP contribution in [0.15, 0.2) is 58.3 Å². The number of nitrogens with zero attached hydrogens (tertiary/aromatic N) is 1. The van der Waals surface area contributed by atoms with Crippen molar-refractivity contribution in [2.24, 2.45) is 0 Å². The minimum absolute atomic E-state index is 0.0840. The molecule has 1 fully saturated rings. The summed E-state index contributed by atoms with van der Waals surface area (Å²) >= 11 is 1.56. The van der Waals surface area contributed by atoms with Gasteiger partial charge in [0.05, 0.1) is 4.90 Å². The van der Waals surface area contributed by atoms with Crippen molar-refractivity contribution >= 4 is 34.3 Å². The maximum atomic E-state index is 13.0. The van der Waals surface area contributed by atoms with Gasteiger partial charge < -0.3 is 15.6 Å². The molecule has 2 aromatic carbocycles. The summed E-state index contributed by atoms with van der Waals surface area (Å²) in [7, 11) is 0. The van der Waals surface area contributed by atoms with E-state index in [0.717, 1.165) is 52.3 Å². The average Bonchev–Trinajstić information content (AvgIpc) is 3.25. The molecule has 24 heavy (non-hydrogen) atoms. The molecule has 3 N–H and O–H groups in total. The molecule has 5 heteroatoms. The average molecular weight is 337 g/mol. The first-order valence-electron chi connectivity index (χ1n) is 8.16. The van der Waals surface area contributed by atoms with Crippen LogP contribution in [0.25, 0.3) is 10.9 Å². The van der Waals surface area contributed by atoms with Gasteiger partial charge >= 0.3 is 0 Å². The fraction of sp³-hybridized carbons (Fsp3) is 0.211. The number of nitrogen functional groups attached to an aromatic ring is 1. The first kappa shape index (κ1) is 15.1. The Morgan fingerprint density at radius 1 is 1.04 bits per heavy atom. The number of para-hydroxylation sites is 2. The van der Waals surface area contributed by atoms with E-state index in [1.165, 1.54) is 0 Å². The number of aromatic amines is 1. The van der Waals surface area contributed by atoms with Gasteiger partial charge in [0, 0.05) is 34.6 Å². The van der Waals surface area contributed by atoms with Crippen LogP contribution in [-0.2, 0) is 0 Å². The summed E-state index contributed by atoms with van der Waals surface area (Å²) in [5.41, 5.74) is 8.49. The highest BCUT2D eigenvalue weighted by atomic mass is 32.2. The van der Waals surface area contributed by atoms with Crippen LogP contribution >= 0.6 is 11.8 Å². The van der Waals surface area contributed by atoms with E-state index in [1.807, 2.05) is 53.4 Å². The third-order valence-electron chi connectivity index (χ3n) is 4.40. The maximum absolute atomic E-state index is 13.0. The number of nitrogens with one attached hydrogen (secondary N) is 1. The number of anilines is 1. The van der Waals surface area contributed by atoms with E-state index < -0.39 is 0 Å². The number of H-pyrrole nitrogens is 1. The molecule has 122 valence electrons. The summed E-state index contributed by atoms with van der Waals surface area (Å²) in [5, 5.41) is 1.06. The SMILES string of the molecule is Nc1ccccc1Sc1c(C(=O)N2CCCC2)[nH]c2ccccc12. The first-order chi connectivity index (χ1) is 11.7. The van der Waals surface area contributed by atoms with Crippen LogP contribution in [0.1, 0.15) is 23.3 Å². The molecule has 2 heterocycles. The van der Waals surface area contributed by atoms with E-state index in [-0.39, 0.29) is 5.91 Å². The summed E-state index contributed by atoms with van der Waals surface area (Å²) in [5.74, 6) is 0.0840. The zero-order valence-corrected chi connectivity index (χ0v) is 14.1. The minimum atomic E-state index is 0.0840. The van der Waals surface area contributed by atoms with Crippen molar-refractivity contribution in [3.63, 3.8) is 0 Å². The molecule has 1 amide bonds. The van der Waals surface area contributed by atoms with Gasteiger partial charge in [-0.2, -0.15) is 0 Å². The van der Waals surface area contributed by atoms with E-state index in [2.05, 4.69) is 4.98 Å². The van der Waals surface area contributed by atoms with Crippen molar-refractivity contribution < 1.29 is 4.79 Å². The molecule has 0 unspecified atom stereocenters. The lowest BCUT2D eigenvalue weighted by atomic mass is 10.2. The summed E-state index contributed by atoms with van der Waals surface area (Å²) in [4.78, 5) is 20.2. The first-order valence-corrected chi connectivity index (χ1v) is 8.98. The number of likely N-dealkylation sites (tertiary alicyclic amines) is 1. The van der Waals surface area contributed by atoms with Crippen LogP contribution in [0, 0.1) is 0 Å². The quantitative estimate of drug-likeness (QED) is 0.706. The lowest BCUT2D eigenvalue weighted by Crippen LogP contribution is -2.28. The Morgan fingerprint density at radius 3 is 2.54 bits per heavy atom. The normalized spacial score (nSPS) is 14.4. The molecule has 0 radical (unpaired) electrons. The molecule has 1 aliphatic rings. The van der Waals surface area contributed by atoms with Gasteiger partial charge in [-0.1, -0.05) is 42.1 Å². The number of carbonyl (C=O) groups excluding carboxylic acids is 1. The molecule has 0 bridgehead atoms. The Balaban J connectivity index is 1.81. The van der Waals surface area contributed by atoms with Crippen molar-refractivity contribution in [2.75, 3.05) is 18.8 Å². The van der Waals surface area contributed by atoms with Crippen LogP contribution < -0.4 is 5.73 Å². The zero-order chi connectivity index (χ0) is 16.5. The summed E-state index contributed by atoms with van der Waals surface area (Å²) in [6.07, 6.45) is 2.17. The molecular weight excluding hydrogens is 318 g/mol. The fourth-order valence-electron chi connectivity index (χ4n) is 3.13. The van der Waals surface area contributed by atoms with Crippen LogP contribution in [0.3, 0.4) is 0 Å². The zero-order valence-electron chi connectivity index (χ0n) is 13.3. The number of hydrogen-bond donors (Lipinski definition) is 2. The molecule has 0 aliphatic carbocycles. The third kappa shape index (κ3) is 2.65. The largest absolute Gasteiger partial charge is 0.398 e. The molecule has 4 nitrogen and oxygen atoms in total. The van der Waals surface area contributed by atoms with Gasteiger partial charge in [0.15, 0.2) is 0 Å². The number of amides is 1. The number of carbonyl (C=O) groups is 1. The van der Waals surface area contributed by atoms with Crippen molar-refractivity contribution in [3.8, 4) is 0 Å². The summed E-state index contributed by atoms with van der Waals surface area (Å²) in [6, 6.07) is 15.8. The number of nitrogens with two attached hydrogens (primary N) is 1. The van der Waals surface area contributed by atoms with Crippen molar-refractivity contribution in [1.29, 1.82) is 0 Å². The van der Waals surface area contributed by atoms with Gasteiger partial charge in [-0.25, -0.2) is 0 Å². The van der Waals surface area contributed by atoms with Crippen LogP contribution in [0.2, 0.25) is 0 Å². The number of benzene rings is 2. The van der Waals surface area contributed by atoms with E-state index in [9.17, 15) is 4.79 Å². The molecule has 3 aromatic rings. The highest BCUT2D eigenvalue weighted by molar-refractivity contribution is 7.99. The lowest BCUT2D eigenvalue weighted by molar-refractivity contribution is 0.0784. The highest BCUT2D eigenvalue weighted by Crippen LogP contribution is 2.39. The number of rotatable bonds is 3. The Morgan fingerprint density at radius 2 is 1.75 bits per heavy atom. The minimum Gasteiger partial charge on any atom is -0.398 e. The van der Waals surface area contributed by atoms with E-state index >= 15 is 0 Å². The summed E-state index contributed by atoms with van der Waals surface area (Å²) in [6.45, 7) is 1.68.